The van der Waals surface area contributed by atoms with Crippen molar-refractivity contribution in [3.05, 3.63) is 46.7 Å². The third-order valence-corrected chi connectivity index (χ3v) is 3.77. The average Bonchev–Trinajstić information content (AvgIpc) is 2.78. The number of rotatable bonds is 5. The largest absolute Gasteiger partial charge is 0.310 e. The molecule has 19 heavy (non-hydrogen) atoms. The Balaban J connectivity index is 2.21. The molecule has 0 saturated heterocycles. The number of benzene rings is 1. The molecular formula is C15H20ClN3. The average molecular weight is 278 g/mol. The maximum atomic E-state index is 6.21. The molecule has 1 unspecified atom stereocenters. The molecule has 0 aliphatic heterocycles. The lowest BCUT2D eigenvalue weighted by Crippen LogP contribution is -2.24. The van der Waals surface area contributed by atoms with Crippen molar-refractivity contribution in [1.29, 1.82) is 0 Å². The summed E-state index contributed by atoms with van der Waals surface area (Å²) in [7, 11) is 0. The standard InChI is InChI=1S/C15H20ClN3/c1-4-11(2)17-9-13-10-18-19(12(13)3)15-8-6-5-7-14(15)16/h5-8,10-11,17H,4,9H2,1-3H3. The molecule has 0 aliphatic carbocycles. The fraction of sp³-hybridized carbons (Fsp3) is 0.400. The summed E-state index contributed by atoms with van der Waals surface area (Å²) >= 11 is 6.21. The topological polar surface area (TPSA) is 29.9 Å². The van der Waals surface area contributed by atoms with Crippen LogP contribution in [-0.2, 0) is 6.54 Å². The van der Waals surface area contributed by atoms with Crippen molar-refractivity contribution in [1.82, 2.24) is 15.1 Å². The van der Waals surface area contributed by atoms with E-state index >= 15 is 0 Å². The van der Waals surface area contributed by atoms with Gasteiger partial charge in [-0.05, 0) is 32.4 Å². The molecule has 2 aromatic rings. The molecule has 0 amide bonds. The lowest BCUT2D eigenvalue weighted by atomic mass is 10.2. The number of nitrogens with zero attached hydrogens (tertiary/aromatic N) is 2. The van der Waals surface area contributed by atoms with E-state index in [0.717, 1.165) is 29.4 Å². The smallest absolute Gasteiger partial charge is 0.0834 e. The molecule has 2 rings (SSSR count). The number of para-hydroxylation sites is 1. The fourth-order valence-corrected chi connectivity index (χ4v) is 2.13. The highest BCUT2D eigenvalue weighted by molar-refractivity contribution is 6.32. The van der Waals surface area contributed by atoms with E-state index in [0.29, 0.717) is 6.04 Å². The van der Waals surface area contributed by atoms with Crippen molar-refractivity contribution in [3.63, 3.8) is 0 Å². The minimum atomic E-state index is 0.517. The molecule has 0 bridgehead atoms. The van der Waals surface area contributed by atoms with Crippen molar-refractivity contribution in [2.24, 2.45) is 0 Å². The van der Waals surface area contributed by atoms with E-state index in [9.17, 15) is 0 Å². The Bertz CT molecular complexity index is 548. The van der Waals surface area contributed by atoms with E-state index in [2.05, 4.69) is 31.2 Å². The normalized spacial score (nSPS) is 12.6. The van der Waals surface area contributed by atoms with Gasteiger partial charge in [0.2, 0.25) is 0 Å². The van der Waals surface area contributed by atoms with Crippen LogP contribution in [0.25, 0.3) is 5.69 Å². The monoisotopic (exact) mass is 277 g/mol. The van der Waals surface area contributed by atoms with E-state index in [1.54, 1.807) is 0 Å². The Kier molecular flexibility index (Phi) is 4.61. The second kappa shape index (κ2) is 6.22. The molecule has 4 heteroatoms. The van der Waals surface area contributed by atoms with Crippen LogP contribution in [0.5, 0.6) is 0 Å². The summed E-state index contributed by atoms with van der Waals surface area (Å²) < 4.78 is 1.90. The minimum absolute atomic E-state index is 0.517. The first-order valence-corrected chi connectivity index (χ1v) is 7.03. The number of halogens is 1. The van der Waals surface area contributed by atoms with Crippen LogP contribution < -0.4 is 5.32 Å². The summed E-state index contributed by atoms with van der Waals surface area (Å²) in [5.41, 5.74) is 3.26. The highest BCUT2D eigenvalue weighted by Crippen LogP contribution is 2.21. The second-order valence-electron chi connectivity index (χ2n) is 4.81. The molecule has 0 radical (unpaired) electrons. The number of hydrogen-bond donors (Lipinski definition) is 1. The predicted molar refractivity (Wildman–Crippen MR) is 79.9 cm³/mol. The Morgan fingerprint density at radius 2 is 2.11 bits per heavy atom. The van der Waals surface area contributed by atoms with Gasteiger partial charge in [0.15, 0.2) is 0 Å². The Morgan fingerprint density at radius 1 is 1.37 bits per heavy atom. The summed E-state index contributed by atoms with van der Waals surface area (Å²) in [6.07, 6.45) is 3.03. The zero-order valence-electron chi connectivity index (χ0n) is 11.7. The van der Waals surface area contributed by atoms with Gasteiger partial charge in [-0.15, -0.1) is 0 Å². The number of aromatic nitrogens is 2. The van der Waals surface area contributed by atoms with Gasteiger partial charge in [-0.3, -0.25) is 0 Å². The molecule has 0 saturated carbocycles. The number of nitrogens with one attached hydrogen (secondary N) is 1. The zero-order valence-corrected chi connectivity index (χ0v) is 12.4. The van der Waals surface area contributed by atoms with Crippen LogP contribution in [-0.4, -0.2) is 15.8 Å². The van der Waals surface area contributed by atoms with Gasteiger partial charge in [-0.25, -0.2) is 4.68 Å². The minimum Gasteiger partial charge on any atom is -0.310 e. The van der Waals surface area contributed by atoms with E-state index in [1.807, 2.05) is 35.1 Å². The molecule has 0 fully saturated rings. The first-order valence-electron chi connectivity index (χ1n) is 6.65. The molecule has 3 nitrogen and oxygen atoms in total. The Labute approximate surface area is 119 Å². The van der Waals surface area contributed by atoms with Crippen molar-refractivity contribution < 1.29 is 0 Å². The molecular weight excluding hydrogens is 258 g/mol. The molecule has 1 heterocycles. The van der Waals surface area contributed by atoms with E-state index < -0.39 is 0 Å². The van der Waals surface area contributed by atoms with Gasteiger partial charge < -0.3 is 5.32 Å². The first kappa shape index (κ1) is 14.1. The molecule has 1 aromatic carbocycles. The summed E-state index contributed by atoms with van der Waals surface area (Å²) in [4.78, 5) is 0. The summed E-state index contributed by atoms with van der Waals surface area (Å²) in [6, 6.07) is 8.28. The Morgan fingerprint density at radius 3 is 2.79 bits per heavy atom. The van der Waals surface area contributed by atoms with E-state index in [4.69, 9.17) is 11.6 Å². The van der Waals surface area contributed by atoms with Gasteiger partial charge in [0.25, 0.3) is 0 Å². The molecule has 102 valence electrons. The summed E-state index contributed by atoms with van der Waals surface area (Å²) in [6.45, 7) is 7.28. The quantitative estimate of drug-likeness (QED) is 0.903. The van der Waals surface area contributed by atoms with Gasteiger partial charge in [0.1, 0.15) is 0 Å². The molecule has 0 spiro atoms. The second-order valence-corrected chi connectivity index (χ2v) is 5.22. The van der Waals surface area contributed by atoms with E-state index in [-0.39, 0.29) is 0 Å². The molecule has 1 N–H and O–H groups in total. The van der Waals surface area contributed by atoms with Crippen molar-refractivity contribution in [2.75, 3.05) is 0 Å². The number of hydrogen-bond acceptors (Lipinski definition) is 2. The van der Waals surface area contributed by atoms with Crippen molar-refractivity contribution in [3.8, 4) is 5.69 Å². The van der Waals surface area contributed by atoms with Crippen LogP contribution in [0.4, 0.5) is 0 Å². The van der Waals surface area contributed by atoms with Gasteiger partial charge in [-0.2, -0.15) is 5.10 Å². The summed E-state index contributed by atoms with van der Waals surface area (Å²) in [5.74, 6) is 0. The maximum absolute atomic E-state index is 6.21. The zero-order chi connectivity index (χ0) is 13.8. The van der Waals surface area contributed by atoms with Crippen LogP contribution >= 0.6 is 11.6 Å². The predicted octanol–water partition coefficient (Wildman–Crippen LogP) is 3.72. The maximum Gasteiger partial charge on any atom is 0.0834 e. The Hall–Kier alpha value is -1.32. The fourth-order valence-electron chi connectivity index (χ4n) is 1.91. The van der Waals surface area contributed by atoms with Gasteiger partial charge >= 0.3 is 0 Å². The van der Waals surface area contributed by atoms with Crippen LogP contribution in [0.2, 0.25) is 5.02 Å². The summed E-state index contributed by atoms with van der Waals surface area (Å²) in [5, 5.41) is 8.64. The first-order chi connectivity index (χ1) is 9.13. The third-order valence-electron chi connectivity index (χ3n) is 3.45. The third kappa shape index (κ3) is 3.17. The van der Waals surface area contributed by atoms with Gasteiger partial charge in [-0.1, -0.05) is 30.7 Å². The van der Waals surface area contributed by atoms with E-state index in [1.165, 1.54) is 5.56 Å². The van der Waals surface area contributed by atoms with Gasteiger partial charge in [0.05, 0.1) is 16.9 Å². The molecule has 0 aliphatic rings. The molecule has 1 atom stereocenters. The lowest BCUT2D eigenvalue weighted by Gasteiger charge is -2.11. The van der Waals surface area contributed by atoms with Crippen molar-refractivity contribution >= 4 is 11.6 Å². The van der Waals surface area contributed by atoms with Crippen LogP contribution in [0.15, 0.2) is 30.5 Å². The van der Waals surface area contributed by atoms with Gasteiger partial charge in [0, 0.05) is 23.8 Å². The van der Waals surface area contributed by atoms with Crippen LogP contribution in [0.3, 0.4) is 0 Å². The molecule has 1 aromatic heterocycles. The highest BCUT2D eigenvalue weighted by Gasteiger charge is 2.10. The van der Waals surface area contributed by atoms with Crippen molar-refractivity contribution in [2.45, 2.75) is 39.8 Å². The SMILES string of the molecule is CCC(C)NCc1cnn(-c2ccccc2Cl)c1C. The highest BCUT2D eigenvalue weighted by atomic mass is 35.5. The van der Waals surface area contributed by atoms with Crippen LogP contribution in [0, 0.1) is 6.92 Å². The lowest BCUT2D eigenvalue weighted by molar-refractivity contribution is 0.533. The van der Waals surface area contributed by atoms with Crippen LogP contribution in [0.1, 0.15) is 31.5 Å².